The number of carbonyl (C=O) groups excluding carboxylic acids is 1. The smallest absolute Gasteiger partial charge is 0.222 e. The summed E-state index contributed by atoms with van der Waals surface area (Å²) in [6.45, 7) is 5.80. The molecule has 0 spiro atoms. The highest BCUT2D eigenvalue weighted by Crippen LogP contribution is 2.30. The molecule has 1 unspecified atom stereocenters. The number of fused-ring (bicyclic) bond motifs is 1. The molecule has 4 aromatic rings. The van der Waals surface area contributed by atoms with Crippen LogP contribution in [0.4, 0.5) is 11.1 Å². The summed E-state index contributed by atoms with van der Waals surface area (Å²) in [5.74, 6) is 0.989. The number of nitrogens with one attached hydrogen (secondary N) is 3. The molecule has 39 heavy (non-hydrogen) atoms. The minimum Gasteiger partial charge on any atom is -0.497 e. The molecule has 1 amide bonds. The topological polar surface area (TPSA) is 127 Å². The van der Waals surface area contributed by atoms with Gasteiger partial charge in [0.25, 0.3) is 0 Å². The molecule has 0 bridgehead atoms. The van der Waals surface area contributed by atoms with Crippen LogP contribution in [0.5, 0.6) is 5.75 Å². The van der Waals surface area contributed by atoms with E-state index in [2.05, 4.69) is 42.4 Å². The number of thiazole rings is 1. The third kappa shape index (κ3) is 9.88. The molecule has 4 rings (SSSR count). The number of anilines is 2. The molecular weight excluding hydrogens is 551 g/mol. The number of ether oxygens (including phenoxy) is 1. The van der Waals surface area contributed by atoms with Gasteiger partial charge in [0.1, 0.15) is 5.75 Å². The molecule has 0 saturated heterocycles. The average Bonchev–Trinajstić information content (AvgIpc) is 3.38. The first-order valence-electron chi connectivity index (χ1n) is 12.6. The predicted octanol–water partition coefficient (Wildman–Crippen LogP) is 5.66. The Balaban J connectivity index is 0.00000205. The lowest BCUT2D eigenvalue weighted by Crippen LogP contribution is -2.28. The van der Waals surface area contributed by atoms with E-state index in [1.54, 1.807) is 54.6 Å². The van der Waals surface area contributed by atoms with E-state index in [1.807, 2.05) is 50.4 Å². The lowest BCUT2D eigenvalue weighted by Gasteiger charge is -2.16. The van der Waals surface area contributed by atoms with Gasteiger partial charge in [0.05, 0.1) is 17.3 Å². The normalized spacial score (nSPS) is 11.4. The summed E-state index contributed by atoms with van der Waals surface area (Å²) in [6.07, 6.45) is 5.75. The molecular formula is C27H35N7O2S3. The van der Waals surface area contributed by atoms with E-state index in [9.17, 15) is 4.79 Å². The fourth-order valence-corrected chi connectivity index (χ4v) is 5.49. The third-order valence-electron chi connectivity index (χ3n) is 5.43. The Morgan fingerprint density at radius 1 is 1.05 bits per heavy atom. The number of amides is 1. The largest absolute Gasteiger partial charge is 0.497 e. The van der Waals surface area contributed by atoms with Gasteiger partial charge in [-0.3, -0.25) is 9.52 Å². The van der Waals surface area contributed by atoms with E-state index in [1.165, 1.54) is 5.56 Å². The van der Waals surface area contributed by atoms with E-state index in [4.69, 9.17) is 10.5 Å². The number of thioether (sulfide) groups is 1. The SMILES string of the molecule is CC.COc1ccc(CNSc2ccc3nc(NCC(CNc4ncc(SC)cn4)CC(N)=O)sc3c2)cc1. The number of benzene rings is 2. The van der Waals surface area contributed by atoms with Gasteiger partial charge in [0.2, 0.25) is 11.9 Å². The minimum atomic E-state index is -0.347. The highest BCUT2D eigenvalue weighted by molar-refractivity contribution is 7.98. The van der Waals surface area contributed by atoms with Gasteiger partial charge in [-0.2, -0.15) is 0 Å². The van der Waals surface area contributed by atoms with Crippen molar-refractivity contribution in [2.45, 2.75) is 36.6 Å². The van der Waals surface area contributed by atoms with Crippen molar-refractivity contribution in [2.75, 3.05) is 37.1 Å². The number of rotatable bonds is 14. The quantitative estimate of drug-likeness (QED) is 0.109. The standard InChI is InChI=1S/C25H29N7O2S3.C2H6/c1-34-18-5-3-16(4-6-18)13-31-37-19-7-8-21-22(10-19)36-25(32-21)30-12-17(9-23(26)33)11-27-24-28-14-20(35-2)15-29-24;1-2/h3-8,10,14-15,17,31H,9,11-13H2,1-2H3,(H2,26,33)(H,30,32)(H,27,28,29);1-2H3. The summed E-state index contributed by atoms with van der Waals surface area (Å²) in [4.78, 5) is 27.0. The average molecular weight is 586 g/mol. The summed E-state index contributed by atoms with van der Waals surface area (Å²) in [5.41, 5.74) is 7.59. The third-order valence-corrected chi connectivity index (χ3v) is 7.87. The molecule has 2 aromatic heterocycles. The summed E-state index contributed by atoms with van der Waals surface area (Å²) < 4.78 is 9.70. The van der Waals surface area contributed by atoms with Crippen LogP contribution in [0.2, 0.25) is 0 Å². The van der Waals surface area contributed by atoms with Crippen molar-refractivity contribution in [3.05, 3.63) is 60.4 Å². The van der Waals surface area contributed by atoms with Crippen LogP contribution < -0.4 is 25.8 Å². The first-order chi connectivity index (χ1) is 19.0. The number of nitrogens with zero attached hydrogens (tertiary/aromatic N) is 3. The molecule has 0 saturated carbocycles. The molecule has 5 N–H and O–H groups in total. The maximum absolute atomic E-state index is 11.6. The predicted molar refractivity (Wildman–Crippen MR) is 165 cm³/mol. The van der Waals surface area contributed by atoms with Gasteiger partial charge in [0, 0.05) is 54.2 Å². The van der Waals surface area contributed by atoms with Gasteiger partial charge in [-0.05, 0) is 54.1 Å². The van der Waals surface area contributed by atoms with Gasteiger partial charge in [-0.15, -0.1) is 11.8 Å². The second kappa shape index (κ2) is 16.1. The second-order valence-corrected chi connectivity index (χ2v) is 11.0. The van der Waals surface area contributed by atoms with Crippen molar-refractivity contribution in [3.8, 4) is 5.75 Å². The van der Waals surface area contributed by atoms with Crippen molar-refractivity contribution in [1.82, 2.24) is 19.7 Å². The maximum atomic E-state index is 11.6. The van der Waals surface area contributed by atoms with Crippen LogP contribution in [0.25, 0.3) is 10.2 Å². The second-order valence-electron chi connectivity index (χ2n) is 8.16. The lowest BCUT2D eigenvalue weighted by molar-refractivity contribution is -0.118. The number of methoxy groups -OCH3 is 1. The summed E-state index contributed by atoms with van der Waals surface area (Å²) in [6, 6.07) is 14.2. The monoisotopic (exact) mass is 585 g/mol. The van der Waals surface area contributed by atoms with Crippen LogP contribution in [0.15, 0.2) is 64.6 Å². The Labute approximate surface area is 242 Å². The van der Waals surface area contributed by atoms with Crippen molar-refractivity contribution in [3.63, 3.8) is 0 Å². The molecule has 0 fully saturated rings. The molecule has 208 valence electrons. The van der Waals surface area contributed by atoms with Crippen molar-refractivity contribution in [2.24, 2.45) is 11.7 Å². The number of primary amides is 1. The van der Waals surface area contributed by atoms with Crippen LogP contribution in [-0.4, -0.2) is 47.3 Å². The Morgan fingerprint density at radius 2 is 1.77 bits per heavy atom. The number of aromatic nitrogens is 3. The molecule has 1 atom stereocenters. The highest BCUT2D eigenvalue weighted by Gasteiger charge is 2.14. The Kier molecular flexibility index (Phi) is 12.6. The van der Waals surface area contributed by atoms with Gasteiger partial charge >= 0.3 is 0 Å². The number of hydrogen-bond donors (Lipinski definition) is 4. The first-order valence-corrected chi connectivity index (χ1v) is 15.4. The molecule has 2 heterocycles. The molecule has 12 heteroatoms. The van der Waals surface area contributed by atoms with Gasteiger partial charge < -0.3 is 21.1 Å². The summed E-state index contributed by atoms with van der Waals surface area (Å²) >= 11 is 4.75. The molecule has 2 aromatic carbocycles. The van der Waals surface area contributed by atoms with Crippen molar-refractivity contribution < 1.29 is 9.53 Å². The number of nitrogens with two attached hydrogens (primary N) is 1. The number of hydrogen-bond acceptors (Lipinski definition) is 11. The zero-order chi connectivity index (χ0) is 28.0. The molecule has 9 nitrogen and oxygen atoms in total. The van der Waals surface area contributed by atoms with E-state index in [0.29, 0.717) is 19.0 Å². The lowest BCUT2D eigenvalue weighted by atomic mass is 10.1. The Bertz CT molecular complexity index is 1300. The van der Waals surface area contributed by atoms with E-state index in [-0.39, 0.29) is 18.2 Å². The zero-order valence-corrected chi connectivity index (χ0v) is 25.0. The Morgan fingerprint density at radius 3 is 2.44 bits per heavy atom. The number of carbonyl (C=O) groups is 1. The van der Waals surface area contributed by atoms with Gasteiger partial charge in [-0.25, -0.2) is 15.0 Å². The van der Waals surface area contributed by atoms with Crippen molar-refractivity contribution >= 4 is 62.3 Å². The molecule has 0 aliphatic rings. The Hall–Kier alpha value is -3.06. The summed E-state index contributed by atoms with van der Waals surface area (Å²) in [7, 11) is 1.67. The van der Waals surface area contributed by atoms with Crippen LogP contribution in [0, 0.1) is 5.92 Å². The van der Waals surface area contributed by atoms with Crippen LogP contribution >= 0.6 is 35.0 Å². The van der Waals surface area contributed by atoms with Crippen LogP contribution in [0.1, 0.15) is 25.8 Å². The van der Waals surface area contributed by atoms with E-state index in [0.717, 1.165) is 37.4 Å². The van der Waals surface area contributed by atoms with Crippen LogP contribution in [-0.2, 0) is 11.3 Å². The van der Waals surface area contributed by atoms with Gasteiger partial charge in [0.15, 0.2) is 5.13 Å². The van der Waals surface area contributed by atoms with Crippen molar-refractivity contribution in [1.29, 1.82) is 0 Å². The molecule has 0 aliphatic carbocycles. The molecule has 0 radical (unpaired) electrons. The fraction of sp³-hybridized carbons (Fsp3) is 0.333. The zero-order valence-electron chi connectivity index (χ0n) is 22.6. The van der Waals surface area contributed by atoms with E-state index < -0.39 is 0 Å². The first kappa shape index (κ1) is 30.5. The van der Waals surface area contributed by atoms with Crippen LogP contribution in [0.3, 0.4) is 0 Å². The van der Waals surface area contributed by atoms with Gasteiger partial charge in [-0.1, -0.05) is 37.3 Å². The minimum absolute atomic E-state index is 0.0402. The molecule has 0 aliphatic heterocycles. The maximum Gasteiger partial charge on any atom is 0.222 e. The van der Waals surface area contributed by atoms with E-state index >= 15 is 0 Å². The summed E-state index contributed by atoms with van der Waals surface area (Å²) in [5, 5.41) is 7.37. The fourth-order valence-electron chi connectivity index (χ4n) is 3.47. The highest BCUT2D eigenvalue weighted by atomic mass is 32.2.